The monoisotopic (exact) mass is 383 g/mol. The molecule has 0 aliphatic carbocycles. The van der Waals surface area contributed by atoms with Gasteiger partial charge in [0, 0.05) is 18.2 Å². The third-order valence-corrected chi connectivity index (χ3v) is 6.17. The van der Waals surface area contributed by atoms with Crippen molar-refractivity contribution < 1.29 is 17.7 Å². The minimum absolute atomic E-state index is 0.148. The summed E-state index contributed by atoms with van der Waals surface area (Å²) in [7, 11) is -3.13. The van der Waals surface area contributed by atoms with Gasteiger partial charge in [0.05, 0.1) is 10.6 Å². The molecule has 1 aliphatic rings. The number of sulfone groups is 1. The fourth-order valence-corrected chi connectivity index (χ4v) is 4.56. The number of aromatic nitrogens is 1. The largest absolute Gasteiger partial charge is 0.354 e. The van der Waals surface area contributed by atoms with Crippen molar-refractivity contribution in [3.05, 3.63) is 65.7 Å². The molecule has 0 fully saturated rings. The lowest BCUT2D eigenvalue weighted by Crippen LogP contribution is -2.28. The molecule has 138 valence electrons. The zero-order chi connectivity index (χ0) is 18.9. The van der Waals surface area contributed by atoms with Crippen molar-refractivity contribution in [3.8, 4) is 11.3 Å². The second-order valence-corrected chi connectivity index (χ2v) is 8.34. The average molecular weight is 383 g/mol. The Morgan fingerprint density at radius 3 is 2.74 bits per heavy atom. The van der Waals surface area contributed by atoms with E-state index in [0.717, 1.165) is 16.7 Å². The molecular formula is C19H17N3O4S. The van der Waals surface area contributed by atoms with Crippen LogP contribution in [0.2, 0.25) is 0 Å². The van der Waals surface area contributed by atoms with Crippen molar-refractivity contribution in [2.45, 2.75) is 17.9 Å². The lowest BCUT2D eigenvalue weighted by Gasteiger charge is -2.07. The van der Waals surface area contributed by atoms with Crippen LogP contribution in [0, 0.1) is 0 Å². The van der Waals surface area contributed by atoms with Crippen LogP contribution in [-0.4, -0.2) is 25.4 Å². The van der Waals surface area contributed by atoms with E-state index in [1.807, 2.05) is 36.4 Å². The van der Waals surface area contributed by atoms with Crippen molar-refractivity contribution in [1.29, 1.82) is 0 Å². The van der Waals surface area contributed by atoms with Crippen LogP contribution in [0.3, 0.4) is 0 Å². The molecule has 0 saturated heterocycles. The highest BCUT2D eigenvalue weighted by Crippen LogP contribution is 2.26. The molecule has 4 rings (SSSR count). The highest BCUT2D eigenvalue weighted by atomic mass is 32.2. The van der Waals surface area contributed by atoms with Gasteiger partial charge in [-0.3, -0.25) is 5.32 Å². The highest BCUT2D eigenvalue weighted by Gasteiger charge is 2.25. The summed E-state index contributed by atoms with van der Waals surface area (Å²) in [6, 6.07) is 15.8. The molecule has 2 heterocycles. The van der Waals surface area contributed by atoms with Gasteiger partial charge < -0.3 is 9.84 Å². The molecule has 27 heavy (non-hydrogen) atoms. The summed E-state index contributed by atoms with van der Waals surface area (Å²) >= 11 is 0. The third kappa shape index (κ3) is 3.70. The van der Waals surface area contributed by atoms with Gasteiger partial charge >= 0.3 is 6.03 Å². The Bertz CT molecular complexity index is 1090. The highest BCUT2D eigenvalue weighted by molar-refractivity contribution is 7.91. The molecule has 0 unspecified atom stereocenters. The summed E-state index contributed by atoms with van der Waals surface area (Å²) in [5, 5.41) is 9.18. The van der Waals surface area contributed by atoms with Gasteiger partial charge in [0.1, 0.15) is 0 Å². The van der Waals surface area contributed by atoms with E-state index < -0.39 is 15.9 Å². The van der Waals surface area contributed by atoms with Crippen LogP contribution in [0.15, 0.2) is 64.0 Å². The second kappa shape index (κ2) is 6.88. The molecule has 0 saturated carbocycles. The molecule has 7 nitrogen and oxygen atoms in total. The number of carbonyl (C=O) groups is 1. The summed E-state index contributed by atoms with van der Waals surface area (Å²) in [5.41, 5.74) is 2.51. The molecule has 0 radical (unpaired) electrons. The number of nitrogens with zero attached hydrogens (tertiary/aromatic N) is 1. The molecule has 0 bridgehead atoms. The Hall–Kier alpha value is -3.13. The van der Waals surface area contributed by atoms with Crippen molar-refractivity contribution in [2.75, 3.05) is 11.1 Å². The number of rotatable bonds is 4. The number of hydrogen-bond donors (Lipinski definition) is 2. The molecule has 8 heteroatoms. The molecular weight excluding hydrogens is 366 g/mol. The molecule has 1 aromatic heterocycles. The second-order valence-electron chi connectivity index (χ2n) is 6.26. The first-order valence-corrected chi connectivity index (χ1v) is 10.1. The Balaban J connectivity index is 1.36. The van der Waals surface area contributed by atoms with Crippen LogP contribution in [0.4, 0.5) is 10.6 Å². The molecule has 2 amide bonds. The van der Waals surface area contributed by atoms with Crippen LogP contribution in [0.1, 0.15) is 11.1 Å². The fraction of sp³-hybridized carbons (Fsp3) is 0.158. The van der Waals surface area contributed by atoms with E-state index in [4.69, 9.17) is 4.52 Å². The lowest BCUT2D eigenvalue weighted by atomic mass is 10.1. The van der Waals surface area contributed by atoms with Gasteiger partial charge in [-0.05, 0) is 23.6 Å². The third-order valence-electron chi connectivity index (χ3n) is 4.36. The van der Waals surface area contributed by atoms with Crippen molar-refractivity contribution in [1.82, 2.24) is 10.5 Å². The van der Waals surface area contributed by atoms with E-state index in [1.165, 1.54) is 0 Å². The first-order chi connectivity index (χ1) is 13.0. The van der Waals surface area contributed by atoms with Crippen LogP contribution < -0.4 is 10.6 Å². The smallest absolute Gasteiger partial charge is 0.320 e. The van der Waals surface area contributed by atoms with Gasteiger partial charge in [-0.25, -0.2) is 13.2 Å². The maximum Gasteiger partial charge on any atom is 0.320 e. The van der Waals surface area contributed by atoms with Crippen molar-refractivity contribution in [3.63, 3.8) is 0 Å². The molecule has 2 N–H and O–H groups in total. The summed E-state index contributed by atoms with van der Waals surface area (Å²) in [6.45, 7) is 0.280. The van der Waals surface area contributed by atoms with Crippen LogP contribution in [0.5, 0.6) is 0 Å². The topological polar surface area (TPSA) is 101 Å². The first-order valence-electron chi connectivity index (χ1n) is 8.43. The standard InChI is InChI=1S/C19H17N3O4S/c23-19(21-18-11-16(26-22-18)14-4-2-1-3-5-14)20-12-13-6-7-17-15(10-13)8-9-27(17,24)25/h1-7,10-11H,8-9,12H2,(H2,20,21,22,23). The van der Waals surface area contributed by atoms with Gasteiger partial charge in [0.15, 0.2) is 21.4 Å². The Morgan fingerprint density at radius 2 is 1.93 bits per heavy atom. The summed E-state index contributed by atoms with van der Waals surface area (Å²) < 4.78 is 28.9. The van der Waals surface area contributed by atoms with Crippen molar-refractivity contribution in [2.24, 2.45) is 0 Å². The van der Waals surface area contributed by atoms with Gasteiger partial charge in [-0.15, -0.1) is 0 Å². The predicted molar refractivity (Wildman–Crippen MR) is 100.0 cm³/mol. The molecule has 0 atom stereocenters. The number of hydrogen-bond acceptors (Lipinski definition) is 5. The zero-order valence-electron chi connectivity index (χ0n) is 14.3. The number of aryl methyl sites for hydroxylation is 1. The van der Waals surface area contributed by atoms with E-state index in [9.17, 15) is 13.2 Å². The average Bonchev–Trinajstić information content (AvgIpc) is 3.25. The number of nitrogens with one attached hydrogen (secondary N) is 2. The number of amides is 2. The van der Waals surface area contributed by atoms with E-state index in [2.05, 4.69) is 15.8 Å². The fourth-order valence-electron chi connectivity index (χ4n) is 3.01. The van der Waals surface area contributed by atoms with Crippen LogP contribution in [-0.2, 0) is 22.8 Å². The SMILES string of the molecule is O=C(NCc1ccc2c(c1)CCS2(=O)=O)Nc1cc(-c2ccccc2)on1. The molecule has 0 spiro atoms. The number of anilines is 1. The van der Waals surface area contributed by atoms with E-state index >= 15 is 0 Å². The number of fused-ring (bicyclic) bond motifs is 1. The van der Waals surface area contributed by atoms with Gasteiger partial charge in [-0.1, -0.05) is 47.6 Å². The van der Waals surface area contributed by atoms with Crippen molar-refractivity contribution >= 4 is 21.7 Å². The van der Waals surface area contributed by atoms with E-state index in [1.54, 1.807) is 18.2 Å². The summed E-state index contributed by atoms with van der Waals surface area (Å²) in [6.07, 6.45) is 0.513. The lowest BCUT2D eigenvalue weighted by molar-refractivity contribution is 0.251. The Morgan fingerprint density at radius 1 is 1.11 bits per heavy atom. The number of carbonyl (C=O) groups excluding carboxylic acids is 1. The molecule has 1 aliphatic heterocycles. The summed E-state index contributed by atoms with van der Waals surface area (Å²) in [4.78, 5) is 12.5. The van der Waals surface area contributed by atoms with Gasteiger partial charge in [0.2, 0.25) is 0 Å². The minimum Gasteiger partial charge on any atom is -0.354 e. The normalized spacial score (nSPS) is 14.5. The minimum atomic E-state index is -3.13. The predicted octanol–water partition coefficient (Wildman–Crippen LogP) is 2.99. The molecule has 3 aromatic rings. The first kappa shape index (κ1) is 17.3. The molecule has 2 aromatic carbocycles. The maximum atomic E-state index is 12.1. The Labute approximate surface area is 156 Å². The number of benzene rings is 2. The van der Waals surface area contributed by atoms with Gasteiger partial charge in [0.25, 0.3) is 0 Å². The Kier molecular flexibility index (Phi) is 4.41. The summed E-state index contributed by atoms with van der Waals surface area (Å²) in [5.74, 6) is 1.02. The van der Waals surface area contributed by atoms with E-state index in [0.29, 0.717) is 22.9 Å². The van der Waals surface area contributed by atoms with Crippen LogP contribution in [0.25, 0.3) is 11.3 Å². The number of urea groups is 1. The quantitative estimate of drug-likeness (QED) is 0.721. The zero-order valence-corrected chi connectivity index (χ0v) is 15.1. The maximum absolute atomic E-state index is 12.1. The van der Waals surface area contributed by atoms with Gasteiger partial charge in [-0.2, -0.15) is 0 Å². The van der Waals surface area contributed by atoms with E-state index in [-0.39, 0.29) is 12.3 Å². The van der Waals surface area contributed by atoms with Crippen LogP contribution >= 0.6 is 0 Å².